The maximum atomic E-state index is 12.1. The molecule has 98 valence electrons. The van der Waals surface area contributed by atoms with Crippen LogP contribution in [0.15, 0.2) is 18.3 Å². The zero-order chi connectivity index (χ0) is 13.1. The van der Waals surface area contributed by atoms with Gasteiger partial charge in [0.15, 0.2) is 0 Å². The van der Waals surface area contributed by atoms with E-state index < -0.39 is 0 Å². The number of aromatic nitrogens is 1. The minimum absolute atomic E-state index is 0.0507. The Kier molecular flexibility index (Phi) is 4.23. The summed E-state index contributed by atoms with van der Waals surface area (Å²) in [6.45, 7) is 4.47. The molecule has 0 radical (unpaired) electrons. The molecule has 1 N–H and O–H groups in total. The molecule has 1 aromatic rings. The summed E-state index contributed by atoms with van der Waals surface area (Å²) in [7, 11) is 0. The Morgan fingerprint density at radius 3 is 2.94 bits per heavy atom. The van der Waals surface area contributed by atoms with Crippen LogP contribution in [-0.4, -0.2) is 16.9 Å². The molecule has 0 aromatic carbocycles. The summed E-state index contributed by atoms with van der Waals surface area (Å²) in [5.74, 6) is 1.15. The van der Waals surface area contributed by atoms with Gasteiger partial charge in [-0.15, -0.1) is 0 Å². The molecule has 3 atom stereocenters. The third-order valence-corrected chi connectivity index (χ3v) is 4.22. The van der Waals surface area contributed by atoms with Crippen molar-refractivity contribution in [2.45, 2.75) is 39.2 Å². The van der Waals surface area contributed by atoms with Crippen molar-refractivity contribution in [1.82, 2.24) is 10.3 Å². The second-order valence-corrected chi connectivity index (χ2v) is 5.60. The van der Waals surface area contributed by atoms with Gasteiger partial charge in [0.05, 0.1) is 0 Å². The lowest BCUT2D eigenvalue weighted by molar-refractivity contribution is 0.0891. The van der Waals surface area contributed by atoms with Crippen LogP contribution in [0.5, 0.6) is 0 Å². The van der Waals surface area contributed by atoms with Crippen LogP contribution < -0.4 is 5.32 Å². The number of nitrogens with zero attached hydrogens (tertiary/aromatic N) is 1. The fraction of sp³-hybridized carbons (Fsp3) is 0.571. The second kappa shape index (κ2) is 5.70. The predicted octanol–water partition coefficient (Wildman–Crippen LogP) is 3.29. The van der Waals surface area contributed by atoms with Gasteiger partial charge in [-0.1, -0.05) is 38.3 Å². The lowest BCUT2D eigenvalue weighted by atomic mass is 9.78. The highest BCUT2D eigenvalue weighted by Crippen LogP contribution is 2.29. The number of carbonyl (C=O) groups excluding carboxylic acids is 1. The summed E-state index contributed by atoms with van der Waals surface area (Å²) in [4.78, 5) is 16.0. The van der Waals surface area contributed by atoms with Crippen LogP contribution in [0, 0.1) is 11.8 Å². The van der Waals surface area contributed by atoms with Crippen LogP contribution in [0.1, 0.15) is 43.5 Å². The van der Waals surface area contributed by atoms with Gasteiger partial charge in [-0.2, -0.15) is 0 Å². The summed E-state index contributed by atoms with van der Waals surface area (Å²) < 4.78 is 0. The van der Waals surface area contributed by atoms with Crippen molar-refractivity contribution in [2.24, 2.45) is 11.8 Å². The number of amides is 1. The number of halogens is 1. The molecule has 1 aromatic heterocycles. The number of rotatable bonds is 2. The van der Waals surface area contributed by atoms with Gasteiger partial charge in [0.25, 0.3) is 5.91 Å². The molecule has 0 saturated heterocycles. The third kappa shape index (κ3) is 3.02. The standard InChI is InChI=1S/C14H19ClN2O/c1-9-4-3-5-12(10(9)2)17-14(18)11-6-7-16-13(15)8-11/h6-10,12H,3-5H2,1-2H3,(H,17,18)/t9-,10+,12-/m1/s1. The van der Waals surface area contributed by atoms with Gasteiger partial charge in [0, 0.05) is 17.8 Å². The Labute approximate surface area is 113 Å². The average Bonchev–Trinajstić information content (AvgIpc) is 2.35. The minimum Gasteiger partial charge on any atom is -0.349 e. The van der Waals surface area contributed by atoms with Crippen molar-refractivity contribution in [2.75, 3.05) is 0 Å². The van der Waals surface area contributed by atoms with E-state index in [4.69, 9.17) is 11.6 Å². The Morgan fingerprint density at radius 1 is 1.44 bits per heavy atom. The molecule has 1 fully saturated rings. The van der Waals surface area contributed by atoms with Crippen LogP contribution in [-0.2, 0) is 0 Å². The summed E-state index contributed by atoms with van der Waals surface area (Å²) in [6.07, 6.45) is 5.07. The first kappa shape index (κ1) is 13.3. The Bertz CT molecular complexity index is 436. The molecule has 0 bridgehead atoms. The molecular formula is C14H19ClN2O. The first-order valence-corrected chi connectivity index (χ1v) is 6.88. The fourth-order valence-corrected chi connectivity index (χ4v) is 2.76. The molecule has 1 aliphatic carbocycles. The smallest absolute Gasteiger partial charge is 0.251 e. The van der Waals surface area contributed by atoms with E-state index in [-0.39, 0.29) is 11.9 Å². The van der Waals surface area contributed by atoms with Crippen LogP contribution >= 0.6 is 11.6 Å². The van der Waals surface area contributed by atoms with E-state index >= 15 is 0 Å². The SMILES string of the molecule is C[C@H]1[C@H](C)CCC[C@H]1NC(=O)c1ccnc(Cl)c1. The molecule has 1 aliphatic rings. The van der Waals surface area contributed by atoms with Gasteiger partial charge >= 0.3 is 0 Å². The van der Waals surface area contributed by atoms with Gasteiger partial charge in [-0.25, -0.2) is 4.98 Å². The topological polar surface area (TPSA) is 42.0 Å². The molecule has 4 heteroatoms. The lowest BCUT2D eigenvalue weighted by Gasteiger charge is -2.34. The van der Waals surface area contributed by atoms with E-state index in [0.717, 1.165) is 6.42 Å². The Hall–Kier alpha value is -1.09. The van der Waals surface area contributed by atoms with Crippen LogP contribution in [0.2, 0.25) is 5.15 Å². The first-order chi connectivity index (χ1) is 8.58. The van der Waals surface area contributed by atoms with Crippen LogP contribution in [0.4, 0.5) is 0 Å². The Balaban J connectivity index is 2.03. The Morgan fingerprint density at radius 2 is 2.22 bits per heavy atom. The van der Waals surface area contributed by atoms with E-state index in [1.165, 1.54) is 12.8 Å². The minimum atomic E-state index is -0.0507. The van der Waals surface area contributed by atoms with E-state index in [1.807, 2.05) is 0 Å². The van der Waals surface area contributed by atoms with Gasteiger partial charge in [0.1, 0.15) is 5.15 Å². The molecule has 3 nitrogen and oxygen atoms in total. The number of pyridine rings is 1. The van der Waals surface area contributed by atoms with E-state index in [2.05, 4.69) is 24.1 Å². The van der Waals surface area contributed by atoms with Crippen molar-refractivity contribution in [3.05, 3.63) is 29.0 Å². The van der Waals surface area contributed by atoms with E-state index in [1.54, 1.807) is 18.3 Å². The monoisotopic (exact) mass is 266 g/mol. The summed E-state index contributed by atoms with van der Waals surface area (Å²) in [5, 5.41) is 3.47. The molecule has 0 unspecified atom stereocenters. The number of hydrogen-bond donors (Lipinski definition) is 1. The van der Waals surface area contributed by atoms with Crippen molar-refractivity contribution >= 4 is 17.5 Å². The van der Waals surface area contributed by atoms with E-state index in [0.29, 0.717) is 22.6 Å². The van der Waals surface area contributed by atoms with Crippen LogP contribution in [0.25, 0.3) is 0 Å². The lowest BCUT2D eigenvalue weighted by Crippen LogP contribution is -2.43. The normalized spacial score (nSPS) is 27.8. The number of carbonyl (C=O) groups is 1. The fourth-order valence-electron chi connectivity index (χ4n) is 2.58. The maximum Gasteiger partial charge on any atom is 0.251 e. The number of hydrogen-bond acceptors (Lipinski definition) is 2. The molecule has 0 spiro atoms. The highest BCUT2D eigenvalue weighted by atomic mass is 35.5. The summed E-state index contributed by atoms with van der Waals surface area (Å²) >= 11 is 5.79. The van der Waals surface area contributed by atoms with Crippen molar-refractivity contribution in [1.29, 1.82) is 0 Å². The highest BCUT2D eigenvalue weighted by molar-refractivity contribution is 6.29. The quantitative estimate of drug-likeness (QED) is 0.835. The zero-order valence-electron chi connectivity index (χ0n) is 10.8. The molecule has 18 heavy (non-hydrogen) atoms. The van der Waals surface area contributed by atoms with Crippen molar-refractivity contribution in [3.8, 4) is 0 Å². The third-order valence-electron chi connectivity index (χ3n) is 4.01. The maximum absolute atomic E-state index is 12.1. The predicted molar refractivity (Wildman–Crippen MR) is 72.7 cm³/mol. The molecule has 1 amide bonds. The summed E-state index contributed by atoms with van der Waals surface area (Å²) in [5.41, 5.74) is 0.584. The first-order valence-electron chi connectivity index (χ1n) is 6.50. The van der Waals surface area contributed by atoms with Gasteiger partial charge in [0.2, 0.25) is 0 Å². The number of nitrogens with one attached hydrogen (secondary N) is 1. The van der Waals surface area contributed by atoms with Crippen molar-refractivity contribution in [3.63, 3.8) is 0 Å². The van der Waals surface area contributed by atoms with Gasteiger partial charge in [-0.05, 0) is 30.4 Å². The molecule has 0 aliphatic heterocycles. The summed E-state index contributed by atoms with van der Waals surface area (Å²) in [6, 6.07) is 3.57. The zero-order valence-corrected chi connectivity index (χ0v) is 11.6. The molecule has 1 heterocycles. The molecular weight excluding hydrogens is 248 g/mol. The van der Waals surface area contributed by atoms with Gasteiger partial charge in [-0.3, -0.25) is 4.79 Å². The van der Waals surface area contributed by atoms with Crippen LogP contribution in [0.3, 0.4) is 0 Å². The molecule has 2 rings (SSSR count). The second-order valence-electron chi connectivity index (χ2n) is 5.21. The molecule has 1 saturated carbocycles. The van der Waals surface area contributed by atoms with Gasteiger partial charge < -0.3 is 5.32 Å². The van der Waals surface area contributed by atoms with E-state index in [9.17, 15) is 4.79 Å². The van der Waals surface area contributed by atoms with Crippen molar-refractivity contribution < 1.29 is 4.79 Å². The highest BCUT2D eigenvalue weighted by Gasteiger charge is 2.28. The average molecular weight is 267 g/mol. The largest absolute Gasteiger partial charge is 0.349 e.